The summed E-state index contributed by atoms with van der Waals surface area (Å²) in [5.74, 6) is -4.04. The Morgan fingerprint density at radius 2 is 1.76 bits per heavy atom. The van der Waals surface area contributed by atoms with Gasteiger partial charge in [0.1, 0.15) is 22.6 Å². The van der Waals surface area contributed by atoms with Crippen LogP contribution in [0.25, 0.3) is 0 Å². The zero-order valence-electron chi connectivity index (χ0n) is 19.0. The first-order valence-corrected chi connectivity index (χ1v) is 13.1. The second-order valence-corrected chi connectivity index (χ2v) is 11.0. The number of amides is 2. The summed E-state index contributed by atoms with van der Waals surface area (Å²) >= 11 is 5.98. The summed E-state index contributed by atoms with van der Waals surface area (Å²) in [5.41, 5.74) is -1.63. The predicted octanol–water partition coefficient (Wildman–Crippen LogP) is 4.16. The number of carbonyl (C=O) groups is 2. The van der Waals surface area contributed by atoms with Gasteiger partial charge < -0.3 is 10.2 Å². The van der Waals surface area contributed by atoms with Crippen molar-refractivity contribution in [1.29, 1.82) is 0 Å². The molecular weight excluding hydrogens is 545 g/mol. The molecule has 200 valence electrons. The van der Waals surface area contributed by atoms with E-state index < -0.39 is 62.2 Å². The van der Waals surface area contributed by atoms with Crippen molar-refractivity contribution in [3.05, 3.63) is 63.7 Å². The number of hydrogen-bond acceptors (Lipinski definition) is 4. The van der Waals surface area contributed by atoms with Crippen LogP contribution < -0.4 is 10.5 Å². The first kappa shape index (κ1) is 27.3. The smallest absolute Gasteiger partial charge is 0.347 e. The highest BCUT2D eigenvalue weighted by atomic mass is 35.5. The first-order valence-electron chi connectivity index (χ1n) is 11.2. The number of benzene rings is 2. The van der Waals surface area contributed by atoms with E-state index in [4.69, 9.17) is 16.7 Å². The number of sulfonamides is 1. The lowest BCUT2D eigenvalue weighted by molar-refractivity contribution is -0.137. The van der Waals surface area contributed by atoms with Crippen molar-refractivity contribution in [2.75, 3.05) is 6.54 Å². The lowest BCUT2D eigenvalue weighted by atomic mass is 9.99. The number of carbonyl (C=O) groups excluding carboxylic acids is 2. The normalized spacial score (nSPS) is 19.1. The maximum atomic E-state index is 14.7. The second-order valence-electron chi connectivity index (χ2n) is 9.02. The van der Waals surface area contributed by atoms with Gasteiger partial charge in [0, 0.05) is 12.1 Å². The van der Waals surface area contributed by atoms with Gasteiger partial charge in [-0.25, -0.2) is 22.3 Å². The number of alkyl halides is 3. The molecule has 7 nitrogen and oxygen atoms in total. The van der Waals surface area contributed by atoms with Gasteiger partial charge in [-0.15, -0.1) is 0 Å². The fourth-order valence-corrected chi connectivity index (χ4v) is 5.28. The highest BCUT2D eigenvalue weighted by Gasteiger charge is 2.41. The van der Waals surface area contributed by atoms with Gasteiger partial charge in [0.25, 0.3) is 5.91 Å². The summed E-state index contributed by atoms with van der Waals surface area (Å²) < 4.78 is 90.9. The summed E-state index contributed by atoms with van der Waals surface area (Å²) in [6.07, 6.45) is -2.87. The number of rotatable bonds is 6. The van der Waals surface area contributed by atoms with Crippen molar-refractivity contribution < 1.29 is 40.0 Å². The molecule has 1 saturated heterocycles. The van der Waals surface area contributed by atoms with Crippen LogP contribution in [0.15, 0.2) is 35.2 Å². The van der Waals surface area contributed by atoms with Gasteiger partial charge in [0.2, 0.25) is 15.9 Å². The zero-order chi connectivity index (χ0) is 27.3. The van der Waals surface area contributed by atoms with E-state index in [-0.39, 0.29) is 35.0 Å². The Balaban J connectivity index is 1.58. The molecule has 2 amide bonds. The van der Waals surface area contributed by atoms with E-state index in [1.165, 1.54) is 0 Å². The standard InChI is InChI=1S/C23H21ClF5N3O4S/c24-15-10-17(26)19(37(30,35)36)9-14(15)22(34)32-7-1-2-18(32)21(33)31-20(11-3-4-11)13-6-5-12(8-16(13)25)23(27,28)29/h5-6,8-11,18,20H,1-4,7H2,(H,31,33)(H2,30,35,36)/t18-,20-/m1/s1. The molecule has 14 heteroatoms. The minimum atomic E-state index is -4.73. The van der Waals surface area contributed by atoms with Gasteiger partial charge in [-0.3, -0.25) is 9.59 Å². The molecule has 37 heavy (non-hydrogen) atoms. The van der Waals surface area contributed by atoms with E-state index >= 15 is 0 Å². The topological polar surface area (TPSA) is 110 Å². The average molecular weight is 566 g/mol. The van der Waals surface area contributed by atoms with E-state index in [1.54, 1.807) is 0 Å². The van der Waals surface area contributed by atoms with Crippen LogP contribution in [0.2, 0.25) is 5.02 Å². The average Bonchev–Trinajstić information content (AvgIpc) is 3.50. The maximum Gasteiger partial charge on any atom is 0.416 e. The van der Waals surface area contributed by atoms with Crippen molar-refractivity contribution in [2.24, 2.45) is 11.1 Å². The molecule has 1 aliphatic heterocycles. The summed E-state index contributed by atoms with van der Waals surface area (Å²) in [7, 11) is -4.51. The fourth-order valence-electron chi connectivity index (χ4n) is 4.43. The molecule has 3 N–H and O–H groups in total. The molecule has 0 aromatic heterocycles. The molecular formula is C23H21ClF5N3O4S. The van der Waals surface area contributed by atoms with Gasteiger partial charge in [-0.05, 0) is 55.9 Å². The van der Waals surface area contributed by atoms with Crippen LogP contribution in [0.4, 0.5) is 22.0 Å². The van der Waals surface area contributed by atoms with Crippen molar-refractivity contribution in [3.63, 3.8) is 0 Å². The van der Waals surface area contributed by atoms with Crippen LogP contribution in [0.5, 0.6) is 0 Å². The molecule has 1 saturated carbocycles. The largest absolute Gasteiger partial charge is 0.416 e. The van der Waals surface area contributed by atoms with Crippen LogP contribution in [-0.4, -0.2) is 37.7 Å². The third-order valence-corrected chi connectivity index (χ3v) is 7.67. The fraction of sp³-hybridized carbons (Fsp3) is 0.391. The molecule has 2 aromatic carbocycles. The molecule has 0 unspecified atom stereocenters. The Bertz CT molecular complexity index is 1360. The molecule has 4 rings (SSSR count). The van der Waals surface area contributed by atoms with Crippen molar-refractivity contribution >= 4 is 33.4 Å². The Labute approximate surface area is 213 Å². The quantitative estimate of drug-likeness (QED) is 0.513. The zero-order valence-corrected chi connectivity index (χ0v) is 20.6. The first-order chi connectivity index (χ1) is 17.2. The minimum Gasteiger partial charge on any atom is -0.347 e. The minimum absolute atomic E-state index is 0.0953. The number of primary sulfonamides is 1. The lowest BCUT2D eigenvalue weighted by Crippen LogP contribution is -2.47. The third-order valence-electron chi connectivity index (χ3n) is 6.43. The monoisotopic (exact) mass is 565 g/mol. The highest BCUT2D eigenvalue weighted by Crippen LogP contribution is 2.43. The van der Waals surface area contributed by atoms with Crippen LogP contribution in [0, 0.1) is 17.6 Å². The number of hydrogen-bond donors (Lipinski definition) is 2. The molecule has 0 radical (unpaired) electrons. The third kappa shape index (κ3) is 5.73. The molecule has 0 bridgehead atoms. The highest BCUT2D eigenvalue weighted by molar-refractivity contribution is 7.89. The number of nitrogens with zero attached hydrogens (tertiary/aromatic N) is 1. The SMILES string of the molecule is NS(=O)(=O)c1cc(C(=O)N2CCC[C@@H]2C(=O)N[C@@H](c2ccc(C(F)(F)F)cc2F)C2CC2)c(Cl)cc1F. The molecule has 0 spiro atoms. The van der Waals surface area contributed by atoms with Gasteiger partial charge in [-0.2, -0.15) is 13.2 Å². The van der Waals surface area contributed by atoms with E-state index in [0.29, 0.717) is 37.5 Å². The van der Waals surface area contributed by atoms with Crippen molar-refractivity contribution in [2.45, 2.75) is 48.8 Å². The number of nitrogens with one attached hydrogen (secondary N) is 1. The lowest BCUT2D eigenvalue weighted by Gasteiger charge is -2.27. The van der Waals surface area contributed by atoms with Crippen LogP contribution in [-0.2, 0) is 21.0 Å². The van der Waals surface area contributed by atoms with Gasteiger partial charge in [0.15, 0.2) is 0 Å². The Morgan fingerprint density at radius 1 is 1.08 bits per heavy atom. The number of likely N-dealkylation sites (tertiary alicyclic amines) is 1. The molecule has 2 atom stereocenters. The van der Waals surface area contributed by atoms with E-state index in [2.05, 4.69) is 5.32 Å². The van der Waals surface area contributed by atoms with Gasteiger partial charge >= 0.3 is 6.18 Å². The van der Waals surface area contributed by atoms with E-state index in [1.807, 2.05) is 0 Å². The molecule has 1 heterocycles. The maximum absolute atomic E-state index is 14.7. The predicted molar refractivity (Wildman–Crippen MR) is 122 cm³/mol. The van der Waals surface area contributed by atoms with Gasteiger partial charge in [0.05, 0.1) is 22.2 Å². The van der Waals surface area contributed by atoms with Crippen molar-refractivity contribution in [3.8, 4) is 0 Å². The van der Waals surface area contributed by atoms with Gasteiger partial charge in [-0.1, -0.05) is 17.7 Å². The van der Waals surface area contributed by atoms with Crippen LogP contribution in [0.3, 0.4) is 0 Å². The Hall–Kier alpha value is -2.77. The summed E-state index contributed by atoms with van der Waals surface area (Å²) in [4.78, 5) is 26.6. The molecule has 2 fully saturated rings. The van der Waals surface area contributed by atoms with E-state index in [9.17, 15) is 40.0 Å². The van der Waals surface area contributed by atoms with Crippen LogP contribution >= 0.6 is 11.6 Å². The summed E-state index contributed by atoms with van der Waals surface area (Å²) in [6, 6.07) is 1.49. The Morgan fingerprint density at radius 3 is 2.32 bits per heavy atom. The van der Waals surface area contributed by atoms with Crippen molar-refractivity contribution in [1.82, 2.24) is 10.2 Å². The number of halogens is 6. The molecule has 1 aliphatic carbocycles. The molecule has 2 aromatic rings. The summed E-state index contributed by atoms with van der Waals surface area (Å²) in [6.45, 7) is 0.0953. The number of nitrogens with two attached hydrogens (primary N) is 1. The Kier molecular flexibility index (Phi) is 7.25. The summed E-state index contributed by atoms with van der Waals surface area (Å²) in [5, 5.41) is 7.29. The van der Waals surface area contributed by atoms with E-state index in [0.717, 1.165) is 17.0 Å². The molecule has 2 aliphatic rings. The second kappa shape index (κ2) is 9.84. The van der Waals surface area contributed by atoms with Crippen LogP contribution in [0.1, 0.15) is 53.2 Å².